The molecular weight excluding hydrogens is 325 g/mol. The Balaban J connectivity index is 1.46. The van der Waals surface area contributed by atoms with Crippen molar-refractivity contribution in [1.82, 2.24) is 10.7 Å². The van der Waals surface area contributed by atoms with Gasteiger partial charge in [0.1, 0.15) is 17.3 Å². The summed E-state index contributed by atoms with van der Waals surface area (Å²) in [7, 11) is 0. The average molecular weight is 343 g/mol. The van der Waals surface area contributed by atoms with Gasteiger partial charge in [0.2, 0.25) is 11.8 Å². The van der Waals surface area contributed by atoms with E-state index < -0.39 is 0 Å². The fourth-order valence-corrected chi connectivity index (χ4v) is 2.47. The fourth-order valence-electron chi connectivity index (χ4n) is 2.47. The molecule has 1 aliphatic heterocycles. The van der Waals surface area contributed by atoms with Crippen LogP contribution in [-0.4, -0.2) is 17.5 Å². The number of hydrogen-bond donors (Lipinski definition) is 2. The molecule has 0 atom stereocenters. The number of halogens is 1. The minimum atomic E-state index is -0.301. The summed E-state index contributed by atoms with van der Waals surface area (Å²) in [4.78, 5) is 22.9. The third kappa shape index (κ3) is 4.76. The second kappa shape index (κ2) is 7.74. The van der Waals surface area contributed by atoms with E-state index >= 15 is 0 Å². The summed E-state index contributed by atoms with van der Waals surface area (Å²) in [5.74, 6) is 0.735. The first-order valence-electron chi connectivity index (χ1n) is 8.06. The summed E-state index contributed by atoms with van der Waals surface area (Å²) in [6.07, 6.45) is 1.84. The van der Waals surface area contributed by atoms with Crippen LogP contribution in [0.5, 0.6) is 0 Å². The molecule has 1 aromatic carbocycles. The molecule has 3 rings (SSSR count). The molecule has 0 unspecified atom stereocenters. The zero-order chi connectivity index (χ0) is 17.6. The van der Waals surface area contributed by atoms with E-state index in [1.807, 2.05) is 0 Å². The van der Waals surface area contributed by atoms with E-state index in [1.54, 1.807) is 24.3 Å². The van der Waals surface area contributed by atoms with Gasteiger partial charge in [-0.3, -0.25) is 9.59 Å². The molecule has 2 N–H and O–H groups in total. The summed E-state index contributed by atoms with van der Waals surface area (Å²) in [6.45, 7) is 0.281. The number of furan rings is 1. The summed E-state index contributed by atoms with van der Waals surface area (Å²) in [6, 6.07) is 9.58. The van der Waals surface area contributed by atoms with Crippen molar-refractivity contribution in [3.8, 4) is 11.3 Å². The first-order chi connectivity index (χ1) is 12.1. The first kappa shape index (κ1) is 16.9. The van der Waals surface area contributed by atoms with Crippen LogP contribution in [0, 0.1) is 5.82 Å². The second-order valence-electron chi connectivity index (χ2n) is 5.76. The lowest BCUT2D eigenvalue weighted by Crippen LogP contribution is -2.27. The van der Waals surface area contributed by atoms with Crippen LogP contribution in [0.4, 0.5) is 4.39 Å². The van der Waals surface area contributed by atoms with E-state index in [-0.39, 0.29) is 24.2 Å². The van der Waals surface area contributed by atoms with Crippen LogP contribution >= 0.6 is 0 Å². The molecule has 0 saturated carbocycles. The SMILES string of the molecule is O=C(CCC1=NNC(=O)CC1)NCc1ccc(-c2ccc(F)cc2)o1. The maximum Gasteiger partial charge on any atom is 0.240 e. The monoisotopic (exact) mass is 343 g/mol. The van der Waals surface area contributed by atoms with E-state index in [0.29, 0.717) is 37.2 Å². The van der Waals surface area contributed by atoms with E-state index in [1.165, 1.54) is 12.1 Å². The van der Waals surface area contributed by atoms with Gasteiger partial charge in [0.25, 0.3) is 0 Å². The van der Waals surface area contributed by atoms with Crippen LogP contribution in [0.15, 0.2) is 45.9 Å². The van der Waals surface area contributed by atoms with Crippen molar-refractivity contribution >= 4 is 17.5 Å². The Morgan fingerprint density at radius 2 is 2.00 bits per heavy atom. The lowest BCUT2D eigenvalue weighted by Gasteiger charge is -2.11. The number of hydrogen-bond acceptors (Lipinski definition) is 4. The molecule has 2 amide bonds. The molecule has 7 heteroatoms. The van der Waals surface area contributed by atoms with Crippen molar-refractivity contribution < 1.29 is 18.4 Å². The number of hydrazone groups is 1. The summed E-state index contributed by atoms with van der Waals surface area (Å²) >= 11 is 0. The summed E-state index contributed by atoms with van der Waals surface area (Å²) in [5, 5.41) is 6.72. The number of nitrogens with zero attached hydrogens (tertiary/aromatic N) is 1. The Labute approximate surface area is 144 Å². The lowest BCUT2D eigenvalue weighted by molar-refractivity contribution is -0.121. The van der Waals surface area contributed by atoms with Crippen LogP contribution in [0.25, 0.3) is 11.3 Å². The van der Waals surface area contributed by atoms with Gasteiger partial charge in [-0.25, -0.2) is 9.82 Å². The third-order valence-electron chi connectivity index (χ3n) is 3.87. The molecule has 0 radical (unpaired) electrons. The molecule has 0 bridgehead atoms. The zero-order valence-electron chi connectivity index (χ0n) is 13.5. The molecule has 1 aromatic heterocycles. The van der Waals surface area contributed by atoms with E-state index in [9.17, 15) is 14.0 Å². The number of amides is 2. The third-order valence-corrected chi connectivity index (χ3v) is 3.87. The Hall–Kier alpha value is -2.96. The van der Waals surface area contributed by atoms with Crippen LogP contribution in [0.1, 0.15) is 31.4 Å². The first-order valence-corrected chi connectivity index (χ1v) is 8.06. The average Bonchev–Trinajstić information content (AvgIpc) is 3.09. The normalized spacial score (nSPS) is 14.0. The van der Waals surface area contributed by atoms with Gasteiger partial charge in [-0.2, -0.15) is 5.10 Å². The van der Waals surface area contributed by atoms with Crippen molar-refractivity contribution in [2.75, 3.05) is 0 Å². The van der Waals surface area contributed by atoms with Crippen LogP contribution in [0.3, 0.4) is 0 Å². The molecule has 0 aliphatic carbocycles. The predicted octanol–water partition coefficient (Wildman–Crippen LogP) is 2.75. The van der Waals surface area contributed by atoms with Crippen LogP contribution < -0.4 is 10.7 Å². The largest absolute Gasteiger partial charge is 0.459 e. The highest BCUT2D eigenvalue weighted by molar-refractivity contribution is 5.94. The molecule has 2 aromatic rings. The van der Waals surface area contributed by atoms with Gasteiger partial charge in [0.05, 0.1) is 6.54 Å². The highest BCUT2D eigenvalue weighted by atomic mass is 19.1. The molecule has 6 nitrogen and oxygen atoms in total. The number of rotatable bonds is 6. The molecular formula is C18H18FN3O3. The zero-order valence-corrected chi connectivity index (χ0v) is 13.5. The maximum atomic E-state index is 12.9. The van der Waals surface area contributed by atoms with Gasteiger partial charge >= 0.3 is 0 Å². The van der Waals surface area contributed by atoms with Gasteiger partial charge in [-0.15, -0.1) is 0 Å². The smallest absolute Gasteiger partial charge is 0.240 e. The Bertz CT molecular complexity index is 796. The van der Waals surface area contributed by atoms with Gasteiger partial charge in [-0.05, 0) is 49.2 Å². The standard InChI is InChI=1S/C18H18FN3O3/c19-13-3-1-12(2-4-13)16-8-7-15(25-16)11-20-17(23)9-5-14-6-10-18(24)22-21-14/h1-4,7-8H,5-6,9-11H2,(H,20,23)(H,22,24). The topological polar surface area (TPSA) is 83.7 Å². The highest BCUT2D eigenvalue weighted by Gasteiger charge is 2.13. The Morgan fingerprint density at radius 3 is 2.72 bits per heavy atom. The summed E-state index contributed by atoms with van der Waals surface area (Å²) in [5.41, 5.74) is 4.01. The molecule has 0 saturated heterocycles. The lowest BCUT2D eigenvalue weighted by atomic mass is 10.1. The molecule has 2 heterocycles. The van der Waals surface area contributed by atoms with Gasteiger partial charge in [0.15, 0.2) is 0 Å². The number of carbonyl (C=O) groups is 2. The molecule has 1 aliphatic rings. The predicted molar refractivity (Wildman–Crippen MR) is 90.0 cm³/mol. The number of nitrogens with one attached hydrogen (secondary N) is 2. The van der Waals surface area contributed by atoms with Gasteiger partial charge in [0, 0.05) is 24.1 Å². The summed E-state index contributed by atoms with van der Waals surface area (Å²) < 4.78 is 18.6. The van der Waals surface area contributed by atoms with Gasteiger partial charge in [-0.1, -0.05) is 0 Å². The van der Waals surface area contributed by atoms with Crippen molar-refractivity contribution in [1.29, 1.82) is 0 Å². The number of benzene rings is 1. The quantitative estimate of drug-likeness (QED) is 0.846. The number of carbonyl (C=O) groups excluding carboxylic acids is 2. The molecule has 0 spiro atoms. The molecule has 25 heavy (non-hydrogen) atoms. The van der Waals surface area contributed by atoms with Crippen molar-refractivity contribution in [3.63, 3.8) is 0 Å². The van der Waals surface area contributed by atoms with E-state index in [4.69, 9.17) is 4.42 Å². The van der Waals surface area contributed by atoms with E-state index in [0.717, 1.165) is 11.3 Å². The molecule has 130 valence electrons. The minimum Gasteiger partial charge on any atom is -0.459 e. The Kier molecular flexibility index (Phi) is 5.23. The van der Waals surface area contributed by atoms with Gasteiger partial charge < -0.3 is 9.73 Å². The van der Waals surface area contributed by atoms with Crippen LogP contribution in [0.2, 0.25) is 0 Å². The highest BCUT2D eigenvalue weighted by Crippen LogP contribution is 2.22. The Morgan fingerprint density at radius 1 is 1.20 bits per heavy atom. The van der Waals surface area contributed by atoms with Crippen molar-refractivity contribution in [2.45, 2.75) is 32.2 Å². The van der Waals surface area contributed by atoms with Crippen molar-refractivity contribution in [3.05, 3.63) is 48.0 Å². The molecule has 0 fully saturated rings. The fraction of sp³-hybridized carbons (Fsp3) is 0.278. The minimum absolute atomic E-state index is 0.0945. The maximum absolute atomic E-state index is 12.9. The van der Waals surface area contributed by atoms with Crippen molar-refractivity contribution in [2.24, 2.45) is 5.10 Å². The van der Waals surface area contributed by atoms with Crippen LogP contribution in [-0.2, 0) is 16.1 Å². The van der Waals surface area contributed by atoms with E-state index in [2.05, 4.69) is 15.8 Å². The second-order valence-corrected chi connectivity index (χ2v) is 5.76.